The largest absolute Gasteiger partial charge is 0.352 e. The number of aromatic amines is 1. The Hall–Kier alpha value is -1.77. The third kappa shape index (κ3) is 3.66. The molecule has 21 heavy (non-hydrogen) atoms. The van der Waals surface area contributed by atoms with E-state index >= 15 is 0 Å². The molecule has 1 fully saturated rings. The van der Waals surface area contributed by atoms with E-state index in [1.165, 1.54) is 16.8 Å². The molecule has 1 aromatic heterocycles. The van der Waals surface area contributed by atoms with Crippen LogP contribution >= 0.6 is 0 Å². The number of nitrogens with two attached hydrogens (primary N) is 1. The topological polar surface area (TPSA) is 119 Å². The van der Waals surface area contributed by atoms with Crippen LogP contribution < -0.4 is 22.3 Å². The molecule has 116 valence electrons. The number of hydrogen-bond donors (Lipinski definition) is 3. The van der Waals surface area contributed by atoms with Gasteiger partial charge in [0, 0.05) is 31.3 Å². The summed E-state index contributed by atoms with van der Waals surface area (Å²) >= 11 is 0. The maximum absolute atomic E-state index is 11.7. The van der Waals surface area contributed by atoms with Gasteiger partial charge in [0.15, 0.2) is 0 Å². The molecule has 0 aromatic carbocycles. The quantitative estimate of drug-likeness (QED) is 0.562. The van der Waals surface area contributed by atoms with Crippen molar-refractivity contribution in [3.05, 3.63) is 33.1 Å². The highest BCUT2D eigenvalue weighted by atomic mass is 16.5. The predicted molar refractivity (Wildman–Crippen MR) is 76.0 cm³/mol. The lowest BCUT2D eigenvalue weighted by atomic mass is 10.1. The highest BCUT2D eigenvalue weighted by Crippen LogP contribution is 2.25. The van der Waals surface area contributed by atoms with E-state index < -0.39 is 17.5 Å². The third-order valence-corrected chi connectivity index (χ3v) is 3.63. The second-order valence-electron chi connectivity index (χ2n) is 5.11. The second-order valence-corrected chi connectivity index (χ2v) is 5.11. The first-order chi connectivity index (χ1) is 10.0. The maximum atomic E-state index is 11.7. The average Bonchev–Trinajstić information content (AvgIpc) is 2.81. The van der Waals surface area contributed by atoms with Crippen LogP contribution in [0, 0.1) is 0 Å². The van der Waals surface area contributed by atoms with Gasteiger partial charge in [0.25, 0.3) is 5.56 Å². The number of aldehydes is 1. The molecule has 1 aliphatic heterocycles. The van der Waals surface area contributed by atoms with Gasteiger partial charge < -0.3 is 20.6 Å². The number of rotatable bonds is 6. The monoisotopic (exact) mass is 296 g/mol. The molecule has 0 saturated carbocycles. The van der Waals surface area contributed by atoms with Crippen molar-refractivity contribution < 1.29 is 9.53 Å². The summed E-state index contributed by atoms with van der Waals surface area (Å²) in [6, 6.07) is 0.794. The van der Waals surface area contributed by atoms with Gasteiger partial charge in [-0.2, -0.15) is 0 Å². The Labute approximate surface area is 121 Å². The molecule has 8 heteroatoms. The Balaban J connectivity index is 2.02. The molecule has 0 aliphatic carbocycles. The van der Waals surface area contributed by atoms with Gasteiger partial charge in [0.2, 0.25) is 0 Å². The first-order valence-corrected chi connectivity index (χ1v) is 6.96. The van der Waals surface area contributed by atoms with Gasteiger partial charge in [0.1, 0.15) is 12.5 Å². The molecule has 1 saturated heterocycles. The summed E-state index contributed by atoms with van der Waals surface area (Å²) in [5.41, 5.74) is 5.04. The SMILES string of the molecule is CCC(C=O)NC[C@H]1O[C@@H](n2ccc(=O)[nH]c2=O)C[C@@H]1N. The number of aromatic nitrogens is 2. The molecule has 4 atom stereocenters. The molecule has 8 nitrogen and oxygen atoms in total. The lowest BCUT2D eigenvalue weighted by Gasteiger charge is -2.18. The van der Waals surface area contributed by atoms with Crippen LogP contribution in [-0.4, -0.2) is 40.6 Å². The van der Waals surface area contributed by atoms with Crippen molar-refractivity contribution in [2.75, 3.05) is 6.54 Å². The van der Waals surface area contributed by atoms with Crippen LogP contribution in [0.15, 0.2) is 21.9 Å². The van der Waals surface area contributed by atoms with Crippen molar-refractivity contribution >= 4 is 6.29 Å². The van der Waals surface area contributed by atoms with Crippen molar-refractivity contribution in [1.82, 2.24) is 14.9 Å². The summed E-state index contributed by atoms with van der Waals surface area (Å²) in [6.45, 7) is 2.34. The summed E-state index contributed by atoms with van der Waals surface area (Å²) in [5, 5.41) is 3.07. The van der Waals surface area contributed by atoms with E-state index in [4.69, 9.17) is 10.5 Å². The zero-order chi connectivity index (χ0) is 15.4. The summed E-state index contributed by atoms with van der Waals surface area (Å²) < 4.78 is 7.08. The van der Waals surface area contributed by atoms with Crippen LogP contribution in [0.25, 0.3) is 0 Å². The highest BCUT2D eigenvalue weighted by molar-refractivity contribution is 5.57. The van der Waals surface area contributed by atoms with Gasteiger partial charge in [-0.1, -0.05) is 6.92 Å². The number of carbonyl (C=O) groups excluding carboxylic acids is 1. The summed E-state index contributed by atoms with van der Waals surface area (Å²) in [5.74, 6) is 0. The fraction of sp³-hybridized carbons (Fsp3) is 0.615. The predicted octanol–water partition coefficient (Wildman–Crippen LogP) is -1.28. The molecule has 0 bridgehead atoms. The van der Waals surface area contributed by atoms with Gasteiger partial charge in [-0.25, -0.2) is 4.79 Å². The van der Waals surface area contributed by atoms with E-state index in [2.05, 4.69) is 10.3 Å². The number of hydrogen-bond acceptors (Lipinski definition) is 6. The lowest BCUT2D eigenvalue weighted by Crippen LogP contribution is -2.42. The van der Waals surface area contributed by atoms with Gasteiger partial charge in [-0.15, -0.1) is 0 Å². The van der Waals surface area contributed by atoms with Crippen LogP contribution in [0.5, 0.6) is 0 Å². The van der Waals surface area contributed by atoms with Crippen molar-refractivity contribution in [3.63, 3.8) is 0 Å². The lowest BCUT2D eigenvalue weighted by molar-refractivity contribution is -0.109. The van der Waals surface area contributed by atoms with Crippen molar-refractivity contribution in [3.8, 4) is 0 Å². The second kappa shape index (κ2) is 6.79. The number of carbonyl (C=O) groups is 1. The van der Waals surface area contributed by atoms with E-state index in [0.29, 0.717) is 19.4 Å². The van der Waals surface area contributed by atoms with E-state index in [9.17, 15) is 14.4 Å². The van der Waals surface area contributed by atoms with E-state index in [1.54, 1.807) is 0 Å². The Kier molecular flexibility index (Phi) is 5.05. The fourth-order valence-electron chi connectivity index (χ4n) is 2.33. The van der Waals surface area contributed by atoms with E-state index in [0.717, 1.165) is 6.29 Å². The Morgan fingerprint density at radius 3 is 3.00 bits per heavy atom. The van der Waals surface area contributed by atoms with E-state index in [1.807, 2.05) is 6.92 Å². The minimum absolute atomic E-state index is 0.226. The molecule has 2 heterocycles. The number of nitrogens with zero attached hydrogens (tertiary/aromatic N) is 1. The van der Waals surface area contributed by atoms with Gasteiger partial charge in [-0.05, 0) is 6.42 Å². The maximum Gasteiger partial charge on any atom is 0.330 e. The molecule has 1 unspecified atom stereocenters. The minimum Gasteiger partial charge on any atom is -0.352 e. The highest BCUT2D eigenvalue weighted by Gasteiger charge is 2.34. The minimum atomic E-state index is -0.521. The van der Waals surface area contributed by atoms with Crippen molar-refractivity contribution in [1.29, 1.82) is 0 Å². The first kappa shape index (κ1) is 15.6. The molecule has 0 radical (unpaired) electrons. The van der Waals surface area contributed by atoms with Crippen molar-refractivity contribution in [2.24, 2.45) is 5.73 Å². The zero-order valence-corrected chi connectivity index (χ0v) is 11.8. The van der Waals surface area contributed by atoms with Crippen LogP contribution in [0.2, 0.25) is 0 Å². The fourth-order valence-corrected chi connectivity index (χ4v) is 2.33. The normalized spacial score (nSPS) is 26.7. The Morgan fingerprint density at radius 2 is 2.38 bits per heavy atom. The first-order valence-electron chi connectivity index (χ1n) is 6.96. The number of H-pyrrole nitrogens is 1. The smallest absolute Gasteiger partial charge is 0.330 e. The molecular weight excluding hydrogens is 276 g/mol. The molecule has 4 N–H and O–H groups in total. The van der Waals surface area contributed by atoms with Crippen molar-refractivity contribution in [2.45, 2.75) is 44.2 Å². The molecule has 1 aromatic rings. The Bertz CT molecular complexity index is 596. The summed E-state index contributed by atoms with van der Waals surface area (Å²) in [7, 11) is 0. The Morgan fingerprint density at radius 1 is 1.62 bits per heavy atom. The molecule has 0 spiro atoms. The van der Waals surface area contributed by atoms with Crippen LogP contribution in [0.3, 0.4) is 0 Å². The standard InChI is InChI=1S/C13H20N4O4/c1-2-8(7-18)15-6-10-9(14)5-12(21-10)17-4-3-11(19)16-13(17)20/h3-4,7-10,12,15H,2,5-6,14H2,1H3,(H,16,19,20)/t8?,9-,10+,12+/m0/s1. The average molecular weight is 296 g/mol. The number of ether oxygens (including phenoxy) is 1. The molecule has 0 amide bonds. The van der Waals surface area contributed by atoms with Gasteiger partial charge >= 0.3 is 5.69 Å². The van der Waals surface area contributed by atoms with Gasteiger partial charge in [-0.3, -0.25) is 14.3 Å². The molecular formula is C13H20N4O4. The van der Waals surface area contributed by atoms with Crippen LogP contribution in [-0.2, 0) is 9.53 Å². The number of nitrogens with one attached hydrogen (secondary N) is 2. The van der Waals surface area contributed by atoms with Crippen LogP contribution in [0.4, 0.5) is 0 Å². The summed E-state index contributed by atoms with van der Waals surface area (Å²) in [4.78, 5) is 35.7. The van der Waals surface area contributed by atoms with Gasteiger partial charge in [0.05, 0.1) is 12.1 Å². The van der Waals surface area contributed by atoms with E-state index in [-0.39, 0.29) is 18.2 Å². The zero-order valence-electron chi connectivity index (χ0n) is 11.8. The third-order valence-electron chi connectivity index (χ3n) is 3.63. The van der Waals surface area contributed by atoms with Crippen LogP contribution in [0.1, 0.15) is 26.0 Å². The molecule has 1 aliphatic rings. The molecule has 2 rings (SSSR count). The summed E-state index contributed by atoms with van der Waals surface area (Å²) in [6.07, 6.45) is 2.61.